The first-order valence-corrected chi connectivity index (χ1v) is 6.33. The molecule has 0 radical (unpaired) electrons. The van der Waals surface area contributed by atoms with E-state index in [-0.39, 0.29) is 22.9 Å². The molecule has 0 saturated carbocycles. The Morgan fingerprint density at radius 2 is 1.88 bits per heavy atom. The lowest BCUT2D eigenvalue weighted by molar-refractivity contribution is 0.596. The number of nitrogens with one attached hydrogen (secondary N) is 2. The van der Waals surface area contributed by atoms with Gasteiger partial charge in [-0.1, -0.05) is 0 Å². The predicted octanol–water partition coefficient (Wildman–Crippen LogP) is -0.411. The highest BCUT2D eigenvalue weighted by Crippen LogP contribution is 2.15. The van der Waals surface area contributed by atoms with Gasteiger partial charge in [-0.05, 0) is 18.2 Å². The number of imidazole rings is 1. The molecule has 0 aliphatic carbocycles. The summed E-state index contributed by atoms with van der Waals surface area (Å²) in [5.41, 5.74) is 5.92. The molecule has 6 nitrogen and oxygen atoms in total. The van der Waals surface area contributed by atoms with Crippen LogP contribution in [-0.4, -0.2) is 30.7 Å². The SMILES string of the molecule is NCCS(=O)(=O)c1ccc2[nH]c(=O)[nH]c2c1. The predicted molar refractivity (Wildman–Crippen MR) is 60.0 cm³/mol. The number of sulfone groups is 1. The molecule has 7 heteroatoms. The summed E-state index contributed by atoms with van der Waals surface area (Å²) in [7, 11) is -3.35. The normalized spacial score (nSPS) is 12.1. The van der Waals surface area contributed by atoms with Crippen LogP contribution in [0.1, 0.15) is 0 Å². The number of aromatic amines is 2. The number of nitrogens with two attached hydrogens (primary N) is 1. The molecule has 0 unspecified atom stereocenters. The van der Waals surface area contributed by atoms with Crippen molar-refractivity contribution in [1.29, 1.82) is 0 Å². The van der Waals surface area contributed by atoms with Crippen LogP contribution in [0.4, 0.5) is 0 Å². The Bertz CT molecular complexity index is 669. The van der Waals surface area contributed by atoms with Gasteiger partial charge >= 0.3 is 5.69 Å². The molecule has 0 bridgehead atoms. The fraction of sp³-hybridized carbons (Fsp3) is 0.222. The molecular weight excluding hydrogens is 230 g/mol. The van der Waals surface area contributed by atoms with Crippen molar-refractivity contribution in [3.8, 4) is 0 Å². The van der Waals surface area contributed by atoms with Crippen molar-refractivity contribution in [2.45, 2.75) is 4.90 Å². The Balaban J connectivity index is 2.59. The van der Waals surface area contributed by atoms with Crippen LogP contribution in [0.3, 0.4) is 0 Å². The van der Waals surface area contributed by atoms with Crippen LogP contribution in [0.2, 0.25) is 0 Å². The van der Waals surface area contributed by atoms with E-state index in [2.05, 4.69) is 9.97 Å². The molecule has 0 aliphatic rings. The zero-order chi connectivity index (χ0) is 11.8. The molecule has 4 N–H and O–H groups in total. The van der Waals surface area contributed by atoms with Gasteiger partial charge in [0, 0.05) is 6.54 Å². The summed E-state index contributed by atoms with van der Waals surface area (Å²) in [5.74, 6) is -0.104. The average Bonchev–Trinajstić information content (AvgIpc) is 2.56. The summed E-state index contributed by atoms with van der Waals surface area (Å²) in [4.78, 5) is 16.2. The fourth-order valence-electron chi connectivity index (χ4n) is 1.48. The zero-order valence-electron chi connectivity index (χ0n) is 8.36. The molecule has 1 aromatic carbocycles. The second kappa shape index (κ2) is 3.76. The lowest BCUT2D eigenvalue weighted by Gasteiger charge is -2.01. The van der Waals surface area contributed by atoms with E-state index in [1.54, 1.807) is 6.07 Å². The maximum Gasteiger partial charge on any atom is 0.323 e. The van der Waals surface area contributed by atoms with Crippen molar-refractivity contribution in [3.05, 3.63) is 28.7 Å². The van der Waals surface area contributed by atoms with Crippen molar-refractivity contribution in [1.82, 2.24) is 9.97 Å². The highest BCUT2D eigenvalue weighted by molar-refractivity contribution is 7.91. The Hall–Kier alpha value is -1.60. The lowest BCUT2D eigenvalue weighted by atomic mass is 10.3. The highest BCUT2D eigenvalue weighted by Gasteiger charge is 2.14. The quantitative estimate of drug-likeness (QED) is 0.678. The van der Waals surface area contributed by atoms with Crippen LogP contribution in [0.15, 0.2) is 27.9 Å². The number of aromatic nitrogens is 2. The van der Waals surface area contributed by atoms with E-state index in [0.717, 1.165) is 0 Å². The Morgan fingerprint density at radius 1 is 1.19 bits per heavy atom. The van der Waals surface area contributed by atoms with Gasteiger partial charge in [0.15, 0.2) is 9.84 Å². The smallest absolute Gasteiger partial charge is 0.323 e. The van der Waals surface area contributed by atoms with Gasteiger partial charge in [0.25, 0.3) is 0 Å². The molecule has 2 aromatic rings. The van der Waals surface area contributed by atoms with E-state index in [0.29, 0.717) is 11.0 Å². The number of benzene rings is 1. The monoisotopic (exact) mass is 241 g/mol. The number of fused-ring (bicyclic) bond motifs is 1. The minimum Gasteiger partial charge on any atom is -0.329 e. The molecule has 0 amide bonds. The molecule has 86 valence electrons. The van der Waals surface area contributed by atoms with Gasteiger partial charge in [-0.25, -0.2) is 13.2 Å². The van der Waals surface area contributed by atoms with Gasteiger partial charge in [0.2, 0.25) is 0 Å². The van der Waals surface area contributed by atoms with Crippen molar-refractivity contribution in [3.63, 3.8) is 0 Å². The molecule has 0 atom stereocenters. The fourth-order valence-corrected chi connectivity index (χ4v) is 2.60. The first-order chi connectivity index (χ1) is 7.53. The van der Waals surface area contributed by atoms with E-state index >= 15 is 0 Å². The van der Waals surface area contributed by atoms with Crippen molar-refractivity contribution in [2.75, 3.05) is 12.3 Å². The Labute approximate surface area is 91.4 Å². The van der Waals surface area contributed by atoms with Gasteiger partial charge in [0.1, 0.15) is 0 Å². The van der Waals surface area contributed by atoms with E-state index < -0.39 is 9.84 Å². The van der Waals surface area contributed by atoms with Crippen LogP contribution in [0.5, 0.6) is 0 Å². The van der Waals surface area contributed by atoms with E-state index in [9.17, 15) is 13.2 Å². The molecular formula is C9H11N3O3S. The second-order valence-corrected chi connectivity index (χ2v) is 5.50. The summed E-state index contributed by atoms with van der Waals surface area (Å²) in [6, 6.07) is 4.44. The van der Waals surface area contributed by atoms with E-state index in [4.69, 9.17) is 5.73 Å². The molecule has 0 spiro atoms. The van der Waals surface area contributed by atoms with Crippen LogP contribution >= 0.6 is 0 Å². The number of H-pyrrole nitrogens is 2. The van der Waals surface area contributed by atoms with Crippen molar-refractivity contribution < 1.29 is 8.42 Å². The van der Waals surface area contributed by atoms with Crippen LogP contribution < -0.4 is 11.4 Å². The topological polar surface area (TPSA) is 109 Å². The summed E-state index contributed by atoms with van der Waals surface area (Å²) in [5, 5.41) is 0. The third-order valence-electron chi connectivity index (χ3n) is 2.23. The lowest BCUT2D eigenvalue weighted by Crippen LogP contribution is -2.15. The van der Waals surface area contributed by atoms with Gasteiger partial charge in [-0.2, -0.15) is 0 Å². The number of hydrogen-bond donors (Lipinski definition) is 3. The third kappa shape index (κ3) is 1.86. The Kier molecular flexibility index (Phi) is 2.56. The Morgan fingerprint density at radius 3 is 2.56 bits per heavy atom. The second-order valence-electron chi connectivity index (χ2n) is 3.39. The summed E-state index contributed by atoms with van der Waals surface area (Å²) < 4.78 is 23.4. The molecule has 2 rings (SSSR count). The molecule has 16 heavy (non-hydrogen) atoms. The highest BCUT2D eigenvalue weighted by atomic mass is 32.2. The van der Waals surface area contributed by atoms with Gasteiger partial charge in [-0.3, -0.25) is 0 Å². The van der Waals surface area contributed by atoms with Gasteiger partial charge in [-0.15, -0.1) is 0 Å². The molecule has 1 heterocycles. The minimum atomic E-state index is -3.35. The first-order valence-electron chi connectivity index (χ1n) is 4.68. The standard InChI is InChI=1S/C9H11N3O3S/c10-3-4-16(14,15)6-1-2-7-8(5-6)12-9(13)11-7/h1-2,5H,3-4,10H2,(H2,11,12,13). The first kappa shape index (κ1) is 10.9. The summed E-state index contributed by atoms with van der Waals surface area (Å²) in [6.07, 6.45) is 0. The minimum absolute atomic E-state index is 0.0734. The number of rotatable bonds is 3. The molecule has 0 fully saturated rings. The van der Waals surface area contributed by atoms with Crippen LogP contribution in [0.25, 0.3) is 11.0 Å². The zero-order valence-corrected chi connectivity index (χ0v) is 9.17. The average molecular weight is 241 g/mol. The van der Waals surface area contributed by atoms with Crippen molar-refractivity contribution >= 4 is 20.9 Å². The van der Waals surface area contributed by atoms with Gasteiger partial charge < -0.3 is 15.7 Å². The maximum absolute atomic E-state index is 11.7. The van der Waals surface area contributed by atoms with Crippen molar-refractivity contribution in [2.24, 2.45) is 5.73 Å². The largest absolute Gasteiger partial charge is 0.329 e. The third-order valence-corrected chi connectivity index (χ3v) is 3.98. The molecule has 0 saturated heterocycles. The number of hydrogen-bond acceptors (Lipinski definition) is 4. The van der Waals surface area contributed by atoms with Crippen LogP contribution in [0, 0.1) is 0 Å². The van der Waals surface area contributed by atoms with E-state index in [1.807, 2.05) is 0 Å². The molecule has 0 aliphatic heterocycles. The van der Waals surface area contributed by atoms with E-state index in [1.165, 1.54) is 12.1 Å². The van der Waals surface area contributed by atoms with Crippen LogP contribution in [-0.2, 0) is 9.84 Å². The maximum atomic E-state index is 11.7. The van der Waals surface area contributed by atoms with Gasteiger partial charge in [0.05, 0.1) is 21.7 Å². The molecule has 1 aromatic heterocycles. The summed E-state index contributed by atoms with van der Waals surface area (Å²) >= 11 is 0. The summed E-state index contributed by atoms with van der Waals surface area (Å²) in [6.45, 7) is 0.0734.